The van der Waals surface area contributed by atoms with Crippen LogP contribution in [0.1, 0.15) is 28.5 Å². The number of amides is 1. The topological polar surface area (TPSA) is 46.9 Å². The highest BCUT2D eigenvalue weighted by Crippen LogP contribution is 2.14. The van der Waals surface area contributed by atoms with E-state index in [0.29, 0.717) is 5.56 Å². The fourth-order valence-corrected chi connectivity index (χ4v) is 2.42. The van der Waals surface area contributed by atoms with Crippen LogP contribution in [0.15, 0.2) is 60.8 Å². The van der Waals surface area contributed by atoms with Gasteiger partial charge >= 0.3 is 0 Å². The first-order chi connectivity index (χ1) is 11.2. The van der Waals surface area contributed by atoms with Gasteiger partial charge in [-0.15, -0.1) is 0 Å². The molecule has 0 atom stereocenters. The molecule has 0 saturated carbocycles. The number of nitrogens with zero attached hydrogens (tertiary/aromatic N) is 2. The lowest BCUT2D eigenvalue weighted by Gasteiger charge is -2.08. The van der Waals surface area contributed by atoms with E-state index in [2.05, 4.69) is 17.3 Å². The van der Waals surface area contributed by atoms with E-state index in [0.717, 1.165) is 23.5 Å². The number of rotatable bonds is 4. The second kappa shape index (κ2) is 6.48. The summed E-state index contributed by atoms with van der Waals surface area (Å²) >= 11 is 0. The Bertz CT molecular complexity index is 801. The summed E-state index contributed by atoms with van der Waals surface area (Å²) in [4.78, 5) is 12.3. The molecule has 0 radical (unpaired) electrons. The minimum atomic E-state index is -0.113. The van der Waals surface area contributed by atoms with Gasteiger partial charge in [-0.25, -0.2) is 4.68 Å². The van der Waals surface area contributed by atoms with Crippen LogP contribution in [0.25, 0.3) is 5.69 Å². The van der Waals surface area contributed by atoms with E-state index in [1.807, 2.05) is 66.2 Å². The van der Waals surface area contributed by atoms with Crippen molar-refractivity contribution in [1.82, 2.24) is 9.78 Å². The maximum Gasteiger partial charge on any atom is 0.255 e. The third-order valence-corrected chi connectivity index (χ3v) is 3.83. The molecule has 0 fully saturated rings. The van der Waals surface area contributed by atoms with Gasteiger partial charge in [-0.05, 0) is 61.4 Å². The summed E-state index contributed by atoms with van der Waals surface area (Å²) < 4.78 is 1.84. The largest absolute Gasteiger partial charge is 0.322 e. The van der Waals surface area contributed by atoms with Gasteiger partial charge in [0.25, 0.3) is 5.91 Å². The highest BCUT2D eigenvalue weighted by molar-refractivity contribution is 6.04. The third kappa shape index (κ3) is 3.31. The molecule has 1 N–H and O–H groups in total. The van der Waals surface area contributed by atoms with Crippen LogP contribution in [0.3, 0.4) is 0 Å². The fraction of sp³-hybridized carbons (Fsp3) is 0.158. The SMILES string of the molecule is CCc1ccc(NC(=O)c2ccc(-n3nccc3C)cc2)cc1. The van der Waals surface area contributed by atoms with Gasteiger partial charge < -0.3 is 5.32 Å². The molecule has 23 heavy (non-hydrogen) atoms. The van der Waals surface area contributed by atoms with Crippen LogP contribution < -0.4 is 5.32 Å². The first-order valence-electron chi connectivity index (χ1n) is 7.68. The van der Waals surface area contributed by atoms with Gasteiger partial charge in [-0.1, -0.05) is 19.1 Å². The lowest BCUT2D eigenvalue weighted by atomic mass is 10.1. The van der Waals surface area contributed by atoms with Crippen molar-refractivity contribution in [3.05, 3.63) is 77.6 Å². The van der Waals surface area contributed by atoms with Crippen LogP contribution in [0.5, 0.6) is 0 Å². The number of hydrogen-bond acceptors (Lipinski definition) is 2. The fourth-order valence-electron chi connectivity index (χ4n) is 2.42. The molecule has 0 bridgehead atoms. The molecule has 1 amide bonds. The first kappa shape index (κ1) is 15.0. The summed E-state index contributed by atoms with van der Waals surface area (Å²) in [6.45, 7) is 4.10. The second-order valence-corrected chi connectivity index (χ2v) is 5.44. The zero-order valence-corrected chi connectivity index (χ0v) is 13.3. The summed E-state index contributed by atoms with van der Waals surface area (Å²) in [5.74, 6) is -0.113. The number of carbonyl (C=O) groups excluding carboxylic acids is 1. The van der Waals surface area contributed by atoms with Crippen molar-refractivity contribution >= 4 is 11.6 Å². The van der Waals surface area contributed by atoms with E-state index in [1.54, 1.807) is 6.20 Å². The van der Waals surface area contributed by atoms with E-state index in [9.17, 15) is 4.79 Å². The zero-order chi connectivity index (χ0) is 16.2. The predicted molar refractivity (Wildman–Crippen MR) is 92.1 cm³/mol. The number of carbonyl (C=O) groups is 1. The predicted octanol–water partition coefficient (Wildman–Crippen LogP) is 4.00. The van der Waals surface area contributed by atoms with Gasteiger partial charge in [0.1, 0.15) is 0 Å². The van der Waals surface area contributed by atoms with E-state index < -0.39 is 0 Å². The summed E-state index contributed by atoms with van der Waals surface area (Å²) in [6, 6.07) is 17.3. The van der Waals surface area contributed by atoms with Gasteiger partial charge in [0, 0.05) is 23.1 Å². The molecule has 4 nitrogen and oxygen atoms in total. The van der Waals surface area contributed by atoms with E-state index in [4.69, 9.17) is 0 Å². The number of benzene rings is 2. The molecule has 3 aromatic rings. The van der Waals surface area contributed by atoms with Gasteiger partial charge in [0.05, 0.1) is 5.69 Å². The molecule has 2 aromatic carbocycles. The molecule has 3 rings (SSSR count). The Morgan fingerprint density at radius 3 is 2.30 bits per heavy atom. The quantitative estimate of drug-likeness (QED) is 0.792. The van der Waals surface area contributed by atoms with Crippen LogP contribution in [-0.2, 0) is 6.42 Å². The molecule has 0 aliphatic carbocycles. The normalized spacial score (nSPS) is 10.5. The van der Waals surface area contributed by atoms with Crippen molar-refractivity contribution in [3.63, 3.8) is 0 Å². The molecule has 0 aliphatic heterocycles. The maximum absolute atomic E-state index is 12.3. The summed E-state index contributed by atoms with van der Waals surface area (Å²) in [6.07, 6.45) is 2.75. The molecule has 116 valence electrons. The van der Waals surface area contributed by atoms with Crippen molar-refractivity contribution in [2.45, 2.75) is 20.3 Å². The van der Waals surface area contributed by atoms with Crippen molar-refractivity contribution < 1.29 is 4.79 Å². The smallest absolute Gasteiger partial charge is 0.255 e. The standard InChI is InChI=1S/C19H19N3O/c1-3-15-4-8-17(9-5-15)21-19(23)16-6-10-18(11-7-16)22-14(2)12-13-20-22/h4-13H,3H2,1-2H3,(H,21,23). The Kier molecular flexibility index (Phi) is 4.24. The average Bonchev–Trinajstić information content (AvgIpc) is 3.02. The molecular weight excluding hydrogens is 286 g/mol. The van der Waals surface area contributed by atoms with Crippen LogP contribution >= 0.6 is 0 Å². The highest BCUT2D eigenvalue weighted by atomic mass is 16.1. The van der Waals surface area contributed by atoms with Gasteiger partial charge in [-0.2, -0.15) is 5.10 Å². The van der Waals surface area contributed by atoms with Crippen molar-refractivity contribution in [3.8, 4) is 5.69 Å². The van der Waals surface area contributed by atoms with E-state index >= 15 is 0 Å². The molecule has 0 saturated heterocycles. The van der Waals surface area contributed by atoms with Crippen LogP contribution in [0.2, 0.25) is 0 Å². The third-order valence-electron chi connectivity index (χ3n) is 3.83. The molecule has 0 aliphatic rings. The van der Waals surface area contributed by atoms with Gasteiger partial charge in [0.15, 0.2) is 0 Å². The Morgan fingerprint density at radius 2 is 1.74 bits per heavy atom. The number of hydrogen-bond donors (Lipinski definition) is 1. The van der Waals surface area contributed by atoms with Gasteiger partial charge in [0.2, 0.25) is 0 Å². The molecule has 1 aromatic heterocycles. The summed E-state index contributed by atoms with van der Waals surface area (Å²) in [5.41, 5.74) is 4.67. The highest BCUT2D eigenvalue weighted by Gasteiger charge is 2.07. The molecule has 0 unspecified atom stereocenters. The molecule has 4 heteroatoms. The Morgan fingerprint density at radius 1 is 1.04 bits per heavy atom. The lowest BCUT2D eigenvalue weighted by Crippen LogP contribution is -2.12. The minimum absolute atomic E-state index is 0.113. The van der Waals surface area contributed by atoms with Gasteiger partial charge in [-0.3, -0.25) is 4.79 Å². The Labute approximate surface area is 135 Å². The lowest BCUT2D eigenvalue weighted by molar-refractivity contribution is 0.102. The van der Waals surface area contributed by atoms with E-state index in [-0.39, 0.29) is 5.91 Å². The summed E-state index contributed by atoms with van der Waals surface area (Å²) in [7, 11) is 0. The Balaban J connectivity index is 1.73. The van der Waals surface area contributed by atoms with Crippen molar-refractivity contribution in [2.75, 3.05) is 5.32 Å². The molecule has 0 spiro atoms. The maximum atomic E-state index is 12.3. The minimum Gasteiger partial charge on any atom is -0.322 e. The van der Waals surface area contributed by atoms with E-state index in [1.165, 1.54) is 5.56 Å². The number of nitrogens with one attached hydrogen (secondary N) is 1. The molecule has 1 heterocycles. The van der Waals surface area contributed by atoms with Crippen LogP contribution in [0.4, 0.5) is 5.69 Å². The summed E-state index contributed by atoms with van der Waals surface area (Å²) in [5, 5.41) is 7.17. The average molecular weight is 305 g/mol. The zero-order valence-electron chi connectivity index (χ0n) is 13.3. The van der Waals surface area contributed by atoms with Crippen LogP contribution in [0, 0.1) is 6.92 Å². The number of anilines is 1. The number of aryl methyl sites for hydroxylation is 2. The first-order valence-corrected chi connectivity index (χ1v) is 7.68. The van der Waals surface area contributed by atoms with Crippen molar-refractivity contribution in [1.29, 1.82) is 0 Å². The Hall–Kier alpha value is -2.88. The second-order valence-electron chi connectivity index (χ2n) is 5.44. The molecular formula is C19H19N3O. The van der Waals surface area contributed by atoms with Crippen LogP contribution in [-0.4, -0.2) is 15.7 Å². The monoisotopic (exact) mass is 305 g/mol. The van der Waals surface area contributed by atoms with Crippen molar-refractivity contribution in [2.24, 2.45) is 0 Å². The number of aromatic nitrogens is 2.